The number of carbonyl (C=O) groups excluding carboxylic acids is 1. The summed E-state index contributed by atoms with van der Waals surface area (Å²) in [4.78, 5) is 13.6. The highest BCUT2D eigenvalue weighted by Crippen LogP contribution is 2.42. The van der Waals surface area contributed by atoms with Crippen LogP contribution in [-0.4, -0.2) is 24.0 Å². The molecule has 0 bridgehead atoms. The second-order valence-electron chi connectivity index (χ2n) is 4.64. The fraction of sp³-hybridized carbons (Fsp3) is 0.286. The van der Waals surface area contributed by atoms with Gasteiger partial charge in [-0.25, -0.2) is 4.79 Å². The molecule has 2 heterocycles. The largest absolute Gasteiger partial charge is 0.465 e. The predicted molar refractivity (Wildman–Crippen MR) is 76.9 cm³/mol. The number of fused-ring (bicyclic) bond motifs is 3. The lowest BCUT2D eigenvalue weighted by atomic mass is 9.92. The number of methoxy groups -OCH3 is 1. The van der Waals surface area contributed by atoms with Gasteiger partial charge < -0.3 is 4.74 Å². The van der Waals surface area contributed by atoms with Gasteiger partial charge >= 0.3 is 5.97 Å². The number of anilines is 1. The third-order valence-electron chi connectivity index (χ3n) is 3.47. The number of hydrogen-bond donors (Lipinski definition) is 1. The molecule has 2 aliphatic heterocycles. The highest BCUT2D eigenvalue weighted by Gasteiger charge is 2.32. The zero-order valence-electron chi connectivity index (χ0n) is 10.8. The summed E-state index contributed by atoms with van der Waals surface area (Å²) >= 11 is 1.51. The number of allylic oxidation sites excluding steroid dienone is 1. The van der Waals surface area contributed by atoms with Gasteiger partial charge in [0.2, 0.25) is 0 Å². The SMILES string of the molecule is COC(=O)c1ccc2c(c1)N1C(=N)SCC1=CC2C. The number of rotatable bonds is 1. The van der Waals surface area contributed by atoms with Crippen LogP contribution in [0.5, 0.6) is 0 Å². The van der Waals surface area contributed by atoms with Crippen molar-refractivity contribution in [2.45, 2.75) is 12.8 Å². The van der Waals surface area contributed by atoms with Gasteiger partial charge in [-0.05, 0) is 17.7 Å². The summed E-state index contributed by atoms with van der Waals surface area (Å²) in [6.07, 6.45) is 2.19. The lowest BCUT2D eigenvalue weighted by Gasteiger charge is -2.29. The maximum atomic E-state index is 11.6. The van der Waals surface area contributed by atoms with Gasteiger partial charge in [-0.2, -0.15) is 0 Å². The van der Waals surface area contributed by atoms with Gasteiger partial charge in [0, 0.05) is 17.4 Å². The molecule has 1 N–H and O–H groups in total. The van der Waals surface area contributed by atoms with E-state index in [1.54, 1.807) is 6.07 Å². The van der Waals surface area contributed by atoms with Crippen molar-refractivity contribution >= 4 is 28.6 Å². The summed E-state index contributed by atoms with van der Waals surface area (Å²) in [7, 11) is 1.38. The van der Waals surface area contributed by atoms with Gasteiger partial charge in [0.1, 0.15) is 0 Å². The molecule has 98 valence electrons. The fourth-order valence-electron chi connectivity index (χ4n) is 2.53. The van der Waals surface area contributed by atoms with Gasteiger partial charge in [0.25, 0.3) is 0 Å². The van der Waals surface area contributed by atoms with Crippen molar-refractivity contribution in [3.8, 4) is 0 Å². The van der Waals surface area contributed by atoms with E-state index in [-0.39, 0.29) is 5.97 Å². The molecule has 0 spiro atoms. The molecule has 19 heavy (non-hydrogen) atoms. The molecule has 1 saturated heterocycles. The summed E-state index contributed by atoms with van der Waals surface area (Å²) in [5.41, 5.74) is 3.74. The number of carbonyl (C=O) groups is 1. The number of thioether (sulfide) groups is 1. The van der Waals surface area contributed by atoms with Gasteiger partial charge in [-0.15, -0.1) is 0 Å². The molecule has 1 aromatic carbocycles. The fourth-order valence-corrected chi connectivity index (χ4v) is 3.39. The minimum absolute atomic E-state index is 0.305. The summed E-state index contributed by atoms with van der Waals surface area (Å²) in [6.45, 7) is 2.13. The zero-order chi connectivity index (χ0) is 13.6. The van der Waals surface area contributed by atoms with Crippen LogP contribution in [0.25, 0.3) is 0 Å². The van der Waals surface area contributed by atoms with Crippen LogP contribution in [0.3, 0.4) is 0 Å². The third-order valence-corrected chi connectivity index (χ3v) is 4.37. The Balaban J connectivity index is 2.13. The summed E-state index contributed by atoms with van der Waals surface area (Å²) in [5, 5.41) is 8.54. The minimum Gasteiger partial charge on any atom is -0.465 e. The van der Waals surface area contributed by atoms with E-state index < -0.39 is 0 Å². The number of esters is 1. The molecule has 1 aromatic rings. The summed E-state index contributed by atoms with van der Waals surface area (Å²) < 4.78 is 4.76. The Morgan fingerprint density at radius 2 is 2.32 bits per heavy atom. The van der Waals surface area contributed by atoms with Crippen LogP contribution in [0.4, 0.5) is 5.69 Å². The highest BCUT2D eigenvalue weighted by molar-refractivity contribution is 8.14. The van der Waals surface area contributed by atoms with Crippen LogP contribution in [0.15, 0.2) is 30.0 Å². The van der Waals surface area contributed by atoms with Gasteiger partial charge in [-0.1, -0.05) is 30.8 Å². The Labute approximate surface area is 115 Å². The molecule has 0 amide bonds. The molecule has 4 nitrogen and oxygen atoms in total. The minimum atomic E-state index is -0.343. The van der Waals surface area contributed by atoms with Crippen LogP contribution in [-0.2, 0) is 4.74 Å². The van der Waals surface area contributed by atoms with Crippen LogP contribution < -0.4 is 4.90 Å². The van der Waals surface area contributed by atoms with Crippen LogP contribution in [0, 0.1) is 5.41 Å². The quantitative estimate of drug-likeness (QED) is 0.800. The number of benzene rings is 1. The van der Waals surface area contributed by atoms with E-state index in [1.165, 1.54) is 18.9 Å². The second-order valence-corrected chi connectivity index (χ2v) is 5.61. The summed E-state index contributed by atoms with van der Waals surface area (Å²) in [5.74, 6) is 0.787. The maximum absolute atomic E-state index is 11.6. The molecule has 0 aliphatic carbocycles. The lowest BCUT2D eigenvalue weighted by molar-refractivity contribution is 0.0601. The van der Waals surface area contributed by atoms with Crippen molar-refractivity contribution in [3.05, 3.63) is 41.1 Å². The van der Waals surface area contributed by atoms with E-state index in [4.69, 9.17) is 10.1 Å². The molecule has 0 saturated carbocycles. The molecule has 1 atom stereocenters. The van der Waals surface area contributed by atoms with Crippen molar-refractivity contribution in [1.82, 2.24) is 0 Å². The molecular weight excluding hydrogens is 260 g/mol. The van der Waals surface area contributed by atoms with E-state index in [9.17, 15) is 4.79 Å². The molecule has 5 heteroatoms. The average Bonchev–Trinajstić information content (AvgIpc) is 2.79. The molecule has 1 unspecified atom stereocenters. The van der Waals surface area contributed by atoms with Gasteiger partial charge in [0.05, 0.1) is 18.4 Å². The highest BCUT2D eigenvalue weighted by atomic mass is 32.2. The normalized spacial score (nSPS) is 20.7. The van der Waals surface area contributed by atoms with E-state index in [0.29, 0.717) is 16.6 Å². The van der Waals surface area contributed by atoms with Gasteiger partial charge in [0.15, 0.2) is 5.17 Å². The van der Waals surface area contributed by atoms with Crippen LogP contribution in [0.2, 0.25) is 0 Å². The first-order valence-electron chi connectivity index (χ1n) is 6.06. The van der Waals surface area contributed by atoms with Crippen LogP contribution >= 0.6 is 11.8 Å². The smallest absolute Gasteiger partial charge is 0.337 e. The van der Waals surface area contributed by atoms with E-state index >= 15 is 0 Å². The first kappa shape index (κ1) is 12.3. The number of nitrogens with zero attached hydrogens (tertiary/aromatic N) is 1. The number of hydrogen-bond acceptors (Lipinski definition) is 4. The van der Waals surface area contributed by atoms with Crippen molar-refractivity contribution in [2.75, 3.05) is 17.8 Å². The van der Waals surface area contributed by atoms with E-state index in [2.05, 4.69) is 13.0 Å². The van der Waals surface area contributed by atoms with E-state index in [1.807, 2.05) is 17.0 Å². The lowest BCUT2D eigenvalue weighted by Crippen LogP contribution is -2.26. The van der Waals surface area contributed by atoms with Crippen molar-refractivity contribution in [1.29, 1.82) is 5.41 Å². The predicted octanol–water partition coefficient (Wildman–Crippen LogP) is 2.96. The first-order valence-corrected chi connectivity index (χ1v) is 7.05. The molecule has 3 rings (SSSR count). The second kappa shape index (κ2) is 4.42. The van der Waals surface area contributed by atoms with Crippen molar-refractivity contribution in [2.24, 2.45) is 0 Å². The molecule has 0 radical (unpaired) electrons. The topological polar surface area (TPSA) is 53.4 Å². The van der Waals surface area contributed by atoms with Crippen LogP contribution in [0.1, 0.15) is 28.8 Å². The standard InChI is InChI=1S/C14H14N2O2S/c1-8-5-10-7-19-14(15)16(10)12-6-9(13(17)18-2)3-4-11(8)12/h3-6,8,15H,7H2,1-2H3. The first-order chi connectivity index (χ1) is 9.11. The Kier molecular flexibility index (Phi) is 2.86. The number of ether oxygens (including phenoxy) is 1. The Morgan fingerprint density at radius 1 is 1.53 bits per heavy atom. The molecule has 1 fully saturated rings. The maximum Gasteiger partial charge on any atom is 0.337 e. The van der Waals surface area contributed by atoms with Crippen molar-refractivity contribution in [3.63, 3.8) is 0 Å². The molecule has 2 aliphatic rings. The summed E-state index contributed by atoms with van der Waals surface area (Å²) in [6, 6.07) is 5.56. The average molecular weight is 274 g/mol. The Bertz CT molecular complexity index is 609. The number of amidine groups is 1. The zero-order valence-corrected chi connectivity index (χ0v) is 11.6. The Hall–Kier alpha value is -1.75. The molecule has 0 aromatic heterocycles. The Morgan fingerprint density at radius 3 is 3.05 bits per heavy atom. The monoisotopic (exact) mass is 274 g/mol. The van der Waals surface area contributed by atoms with E-state index in [0.717, 1.165) is 22.7 Å². The molecular formula is C14H14N2O2S. The van der Waals surface area contributed by atoms with Gasteiger partial charge in [-0.3, -0.25) is 10.3 Å². The third kappa shape index (κ3) is 1.85. The number of nitrogens with one attached hydrogen (secondary N) is 1. The van der Waals surface area contributed by atoms with Crippen molar-refractivity contribution < 1.29 is 9.53 Å².